The van der Waals surface area contributed by atoms with Gasteiger partial charge in [-0.25, -0.2) is 0 Å². The molecule has 66 valence electrons. The van der Waals surface area contributed by atoms with Gasteiger partial charge < -0.3 is 10.2 Å². The van der Waals surface area contributed by atoms with Gasteiger partial charge in [-0.1, -0.05) is 13.3 Å². The lowest BCUT2D eigenvalue weighted by atomic mass is 9.84. The van der Waals surface area contributed by atoms with Gasteiger partial charge in [0.1, 0.15) is 0 Å². The standard InChI is InChI=1S/C8H16O3/c1-4-5-6(9)8(2,3)7(10)11/h6,9H,4-5H2,1-3H3,(H,10,11). The van der Waals surface area contributed by atoms with Crippen molar-refractivity contribution >= 4 is 5.97 Å². The topological polar surface area (TPSA) is 57.5 Å². The summed E-state index contributed by atoms with van der Waals surface area (Å²) < 4.78 is 0. The van der Waals surface area contributed by atoms with Crippen LogP contribution in [0.3, 0.4) is 0 Å². The van der Waals surface area contributed by atoms with Crippen molar-refractivity contribution in [3.8, 4) is 0 Å². The van der Waals surface area contributed by atoms with Gasteiger partial charge in [-0.15, -0.1) is 0 Å². The van der Waals surface area contributed by atoms with E-state index in [0.29, 0.717) is 6.42 Å². The maximum absolute atomic E-state index is 10.6. The van der Waals surface area contributed by atoms with E-state index in [4.69, 9.17) is 5.11 Å². The summed E-state index contributed by atoms with van der Waals surface area (Å²) in [5.41, 5.74) is -1.02. The fourth-order valence-electron chi connectivity index (χ4n) is 0.777. The number of carboxylic acid groups (broad SMARTS) is 1. The molecule has 0 radical (unpaired) electrons. The van der Waals surface area contributed by atoms with Gasteiger partial charge in [0.15, 0.2) is 0 Å². The number of aliphatic hydroxyl groups is 1. The van der Waals surface area contributed by atoms with Crippen LogP contribution in [0.25, 0.3) is 0 Å². The quantitative estimate of drug-likeness (QED) is 0.651. The molecule has 11 heavy (non-hydrogen) atoms. The highest BCUT2D eigenvalue weighted by atomic mass is 16.4. The highest BCUT2D eigenvalue weighted by molar-refractivity contribution is 5.74. The third-order valence-electron chi connectivity index (χ3n) is 1.95. The van der Waals surface area contributed by atoms with E-state index >= 15 is 0 Å². The summed E-state index contributed by atoms with van der Waals surface area (Å²) >= 11 is 0. The van der Waals surface area contributed by atoms with E-state index < -0.39 is 17.5 Å². The van der Waals surface area contributed by atoms with E-state index in [1.165, 1.54) is 13.8 Å². The van der Waals surface area contributed by atoms with E-state index in [-0.39, 0.29) is 0 Å². The van der Waals surface area contributed by atoms with Crippen molar-refractivity contribution in [2.45, 2.75) is 39.7 Å². The normalized spacial score (nSPS) is 14.5. The minimum atomic E-state index is -1.02. The molecule has 1 atom stereocenters. The maximum Gasteiger partial charge on any atom is 0.311 e. The number of hydrogen-bond acceptors (Lipinski definition) is 2. The summed E-state index contributed by atoms with van der Waals surface area (Å²) in [6.07, 6.45) is 0.599. The summed E-state index contributed by atoms with van der Waals surface area (Å²) in [4.78, 5) is 10.6. The average Bonchev–Trinajstić information content (AvgIpc) is 1.88. The van der Waals surface area contributed by atoms with Crippen LogP contribution in [0.1, 0.15) is 33.6 Å². The van der Waals surface area contributed by atoms with E-state index in [2.05, 4.69) is 0 Å². The van der Waals surface area contributed by atoms with Crippen LogP contribution in [0, 0.1) is 5.41 Å². The molecule has 0 aliphatic heterocycles. The summed E-state index contributed by atoms with van der Waals surface area (Å²) in [7, 11) is 0. The van der Waals surface area contributed by atoms with Gasteiger partial charge in [0.25, 0.3) is 0 Å². The molecule has 2 N–H and O–H groups in total. The Morgan fingerprint density at radius 1 is 1.55 bits per heavy atom. The fraction of sp³-hybridized carbons (Fsp3) is 0.875. The van der Waals surface area contributed by atoms with E-state index in [1.54, 1.807) is 0 Å². The SMILES string of the molecule is CCCC(O)C(C)(C)C(=O)O. The van der Waals surface area contributed by atoms with Crippen LogP contribution in [-0.4, -0.2) is 22.3 Å². The van der Waals surface area contributed by atoms with Crippen molar-refractivity contribution < 1.29 is 15.0 Å². The van der Waals surface area contributed by atoms with Crippen LogP contribution >= 0.6 is 0 Å². The van der Waals surface area contributed by atoms with Crippen LogP contribution in [0.5, 0.6) is 0 Å². The average molecular weight is 160 g/mol. The molecule has 0 aromatic rings. The maximum atomic E-state index is 10.6. The van der Waals surface area contributed by atoms with E-state index in [0.717, 1.165) is 6.42 Å². The lowest BCUT2D eigenvalue weighted by Gasteiger charge is -2.25. The Kier molecular flexibility index (Phi) is 3.52. The number of carboxylic acids is 1. The predicted molar refractivity (Wildman–Crippen MR) is 42.3 cm³/mol. The lowest BCUT2D eigenvalue weighted by molar-refractivity contribution is -0.153. The van der Waals surface area contributed by atoms with Crippen LogP contribution in [0.15, 0.2) is 0 Å². The van der Waals surface area contributed by atoms with Gasteiger partial charge in [0, 0.05) is 0 Å². The minimum Gasteiger partial charge on any atom is -0.481 e. The highest BCUT2D eigenvalue weighted by Crippen LogP contribution is 2.23. The van der Waals surface area contributed by atoms with Crippen LogP contribution in [0.4, 0.5) is 0 Å². The second-order valence-electron chi connectivity index (χ2n) is 3.33. The smallest absolute Gasteiger partial charge is 0.311 e. The zero-order valence-electron chi connectivity index (χ0n) is 7.29. The van der Waals surface area contributed by atoms with Gasteiger partial charge in [0.2, 0.25) is 0 Å². The monoisotopic (exact) mass is 160 g/mol. The fourth-order valence-corrected chi connectivity index (χ4v) is 0.777. The van der Waals surface area contributed by atoms with Crippen molar-refractivity contribution in [3.63, 3.8) is 0 Å². The molecule has 0 fully saturated rings. The van der Waals surface area contributed by atoms with Gasteiger partial charge in [-0.3, -0.25) is 4.79 Å². The molecule has 3 heteroatoms. The first kappa shape index (κ1) is 10.4. The highest BCUT2D eigenvalue weighted by Gasteiger charge is 2.34. The van der Waals surface area contributed by atoms with E-state index in [9.17, 15) is 9.90 Å². The molecule has 0 heterocycles. The Morgan fingerprint density at radius 2 is 2.00 bits per heavy atom. The largest absolute Gasteiger partial charge is 0.481 e. The Balaban J connectivity index is 4.17. The van der Waals surface area contributed by atoms with Gasteiger partial charge in [-0.05, 0) is 20.3 Å². The van der Waals surface area contributed by atoms with Crippen LogP contribution < -0.4 is 0 Å². The van der Waals surface area contributed by atoms with Crippen molar-refractivity contribution in [2.24, 2.45) is 5.41 Å². The Hall–Kier alpha value is -0.570. The molecular weight excluding hydrogens is 144 g/mol. The summed E-state index contributed by atoms with van der Waals surface area (Å²) in [6.45, 7) is 4.99. The second kappa shape index (κ2) is 3.72. The molecule has 0 amide bonds. The molecule has 1 unspecified atom stereocenters. The number of aliphatic carboxylic acids is 1. The minimum absolute atomic E-state index is 0.541. The third-order valence-corrected chi connectivity index (χ3v) is 1.95. The molecule has 0 aliphatic carbocycles. The first-order valence-corrected chi connectivity index (χ1v) is 3.84. The van der Waals surface area contributed by atoms with Crippen LogP contribution in [-0.2, 0) is 4.79 Å². The first-order chi connectivity index (χ1) is 4.92. The zero-order valence-corrected chi connectivity index (χ0v) is 7.29. The van der Waals surface area contributed by atoms with Crippen molar-refractivity contribution in [3.05, 3.63) is 0 Å². The van der Waals surface area contributed by atoms with Gasteiger partial charge in [0.05, 0.1) is 11.5 Å². The number of rotatable bonds is 4. The predicted octanol–water partition coefficient (Wildman–Crippen LogP) is 1.26. The van der Waals surface area contributed by atoms with Crippen molar-refractivity contribution in [2.75, 3.05) is 0 Å². The Bertz CT molecular complexity index is 140. The first-order valence-electron chi connectivity index (χ1n) is 3.84. The molecule has 0 saturated carbocycles. The molecule has 0 aromatic heterocycles. The Morgan fingerprint density at radius 3 is 2.27 bits per heavy atom. The molecule has 0 aliphatic rings. The molecule has 0 bridgehead atoms. The van der Waals surface area contributed by atoms with Crippen molar-refractivity contribution in [1.82, 2.24) is 0 Å². The number of aliphatic hydroxyl groups excluding tert-OH is 1. The molecule has 0 aromatic carbocycles. The molecule has 0 saturated heterocycles. The molecular formula is C8H16O3. The van der Waals surface area contributed by atoms with E-state index in [1.807, 2.05) is 6.92 Å². The summed E-state index contributed by atoms with van der Waals surface area (Å²) in [5.74, 6) is -0.946. The van der Waals surface area contributed by atoms with Crippen LogP contribution in [0.2, 0.25) is 0 Å². The molecule has 0 spiro atoms. The number of carbonyl (C=O) groups is 1. The third kappa shape index (κ3) is 2.50. The summed E-state index contributed by atoms with van der Waals surface area (Å²) in [6, 6.07) is 0. The molecule has 3 nitrogen and oxygen atoms in total. The summed E-state index contributed by atoms with van der Waals surface area (Å²) in [5, 5.41) is 18.0. The van der Waals surface area contributed by atoms with Crippen molar-refractivity contribution in [1.29, 1.82) is 0 Å². The lowest BCUT2D eigenvalue weighted by Crippen LogP contribution is -2.36. The van der Waals surface area contributed by atoms with Gasteiger partial charge >= 0.3 is 5.97 Å². The molecule has 0 rings (SSSR count). The zero-order chi connectivity index (χ0) is 9.07. The van der Waals surface area contributed by atoms with Gasteiger partial charge in [-0.2, -0.15) is 0 Å². The number of hydrogen-bond donors (Lipinski definition) is 2. The Labute approximate surface area is 67.0 Å². The second-order valence-corrected chi connectivity index (χ2v) is 3.33.